The minimum absolute atomic E-state index is 0.00831. The van der Waals surface area contributed by atoms with Crippen molar-refractivity contribution >= 4 is 28.0 Å². The Bertz CT molecular complexity index is 1340. The van der Waals surface area contributed by atoms with Gasteiger partial charge in [-0.15, -0.1) is 5.10 Å². The van der Waals surface area contributed by atoms with Crippen molar-refractivity contribution in [1.29, 1.82) is 0 Å². The molecule has 1 saturated heterocycles. The van der Waals surface area contributed by atoms with Gasteiger partial charge in [-0.3, -0.25) is 14.3 Å². The van der Waals surface area contributed by atoms with Crippen molar-refractivity contribution in [2.24, 2.45) is 0 Å². The number of nitrogens with one attached hydrogen (secondary N) is 1. The lowest BCUT2D eigenvalue weighted by Crippen LogP contribution is -2.42. The number of hydrogen-bond acceptors (Lipinski definition) is 6. The average Bonchev–Trinajstić information content (AvgIpc) is 3.27. The van der Waals surface area contributed by atoms with Gasteiger partial charge in [0.1, 0.15) is 0 Å². The highest BCUT2D eigenvalue weighted by atomic mass is 32.2. The number of aromatic nitrogens is 3. The van der Waals surface area contributed by atoms with Crippen LogP contribution in [0, 0.1) is 18.6 Å². The highest BCUT2D eigenvalue weighted by molar-refractivity contribution is 7.91. The van der Waals surface area contributed by atoms with Crippen LogP contribution >= 0.6 is 12.2 Å². The minimum atomic E-state index is -3.04. The van der Waals surface area contributed by atoms with E-state index in [1.54, 1.807) is 9.58 Å². The Morgan fingerprint density at radius 1 is 1.12 bits per heavy atom. The zero-order chi connectivity index (χ0) is 24.5. The fraction of sp³-hybridized carbons (Fsp3) is 0.375. The first-order valence-corrected chi connectivity index (χ1v) is 13.4. The van der Waals surface area contributed by atoms with Gasteiger partial charge < -0.3 is 5.32 Å². The van der Waals surface area contributed by atoms with Gasteiger partial charge in [0.05, 0.1) is 24.7 Å². The van der Waals surface area contributed by atoms with Crippen LogP contribution in [0.15, 0.2) is 48.5 Å². The number of benzene rings is 2. The van der Waals surface area contributed by atoms with Crippen molar-refractivity contribution < 1.29 is 13.2 Å². The predicted octanol–water partition coefficient (Wildman–Crippen LogP) is 2.88. The molecule has 1 amide bonds. The quantitative estimate of drug-likeness (QED) is 0.503. The summed E-state index contributed by atoms with van der Waals surface area (Å²) in [7, 11) is -1.23. The first-order chi connectivity index (χ1) is 16.1. The number of carbonyl (C=O) groups is 1. The number of likely N-dealkylation sites (N-methyl/N-ethyl adjacent to an activating group) is 1. The molecule has 0 unspecified atom stereocenters. The monoisotopic (exact) mass is 499 g/mol. The molecule has 0 bridgehead atoms. The lowest BCUT2D eigenvalue weighted by atomic mass is 10.1. The zero-order valence-electron chi connectivity index (χ0n) is 19.6. The molecule has 1 N–H and O–H groups in total. The van der Waals surface area contributed by atoms with E-state index >= 15 is 0 Å². The van der Waals surface area contributed by atoms with Crippen molar-refractivity contribution in [3.05, 3.63) is 64.4 Å². The van der Waals surface area contributed by atoms with E-state index in [1.807, 2.05) is 74.0 Å². The van der Waals surface area contributed by atoms with Gasteiger partial charge in [0.25, 0.3) is 0 Å². The van der Waals surface area contributed by atoms with Gasteiger partial charge >= 0.3 is 0 Å². The molecule has 0 saturated carbocycles. The summed E-state index contributed by atoms with van der Waals surface area (Å²) < 4.78 is 27.5. The maximum absolute atomic E-state index is 12.5. The van der Waals surface area contributed by atoms with Crippen LogP contribution in [0.5, 0.6) is 0 Å². The first kappa shape index (κ1) is 24.3. The van der Waals surface area contributed by atoms with Crippen LogP contribution in [0.4, 0.5) is 0 Å². The van der Waals surface area contributed by atoms with Crippen LogP contribution in [0.2, 0.25) is 0 Å². The molecule has 0 spiro atoms. The molecule has 1 aromatic heterocycles. The highest BCUT2D eigenvalue weighted by Gasteiger charge is 2.29. The Morgan fingerprint density at radius 2 is 1.74 bits per heavy atom. The van der Waals surface area contributed by atoms with Crippen molar-refractivity contribution in [2.75, 3.05) is 25.1 Å². The SMILES string of the molecule is Cc1ccc(-c2nn(CN(C)CC(=O)N[C@@H]3CCS(=O)(=O)C3)c(=S)n2-c2ccc(C)cc2)cc1. The molecule has 4 rings (SSSR count). The molecule has 8 nitrogen and oxygen atoms in total. The van der Waals surface area contributed by atoms with E-state index in [0.29, 0.717) is 17.9 Å². The number of rotatable bonds is 7. The first-order valence-electron chi connectivity index (χ1n) is 11.1. The van der Waals surface area contributed by atoms with Crippen LogP contribution in [-0.2, 0) is 21.3 Å². The van der Waals surface area contributed by atoms with Gasteiger partial charge in [-0.2, -0.15) is 0 Å². The standard InChI is InChI=1S/C24H29N5O3S2/c1-17-4-8-19(9-5-17)23-26-28(24(33)29(23)21-10-6-18(2)7-11-21)16-27(3)14-22(30)25-20-12-13-34(31,32)15-20/h4-11,20H,12-16H2,1-3H3,(H,25,30)/t20-/m1/s1. The van der Waals surface area contributed by atoms with Gasteiger partial charge in [0.2, 0.25) is 10.7 Å². The molecule has 1 aliphatic heterocycles. The Morgan fingerprint density at radius 3 is 2.32 bits per heavy atom. The molecule has 0 radical (unpaired) electrons. The van der Waals surface area contributed by atoms with E-state index in [1.165, 1.54) is 0 Å². The van der Waals surface area contributed by atoms with Gasteiger partial charge in [0, 0.05) is 17.3 Å². The molecule has 1 aliphatic rings. The van der Waals surface area contributed by atoms with Crippen LogP contribution in [0.3, 0.4) is 0 Å². The van der Waals surface area contributed by atoms with Crippen LogP contribution < -0.4 is 5.32 Å². The van der Waals surface area contributed by atoms with E-state index < -0.39 is 9.84 Å². The number of nitrogens with zero attached hydrogens (tertiary/aromatic N) is 4. The third kappa shape index (κ3) is 5.63. The molecule has 3 aromatic rings. The van der Waals surface area contributed by atoms with Crippen molar-refractivity contribution in [3.8, 4) is 17.1 Å². The minimum Gasteiger partial charge on any atom is -0.351 e. The third-order valence-electron chi connectivity index (χ3n) is 5.83. The maximum Gasteiger partial charge on any atom is 0.234 e. The predicted molar refractivity (Wildman–Crippen MR) is 135 cm³/mol. The Hall–Kier alpha value is -2.82. The second-order valence-electron chi connectivity index (χ2n) is 8.97. The van der Waals surface area contributed by atoms with E-state index in [2.05, 4.69) is 5.32 Å². The number of amides is 1. The smallest absolute Gasteiger partial charge is 0.234 e. The molecule has 34 heavy (non-hydrogen) atoms. The summed E-state index contributed by atoms with van der Waals surface area (Å²) >= 11 is 5.80. The zero-order valence-corrected chi connectivity index (χ0v) is 21.2. The maximum atomic E-state index is 12.5. The third-order valence-corrected chi connectivity index (χ3v) is 7.99. The lowest BCUT2D eigenvalue weighted by Gasteiger charge is -2.18. The number of carbonyl (C=O) groups excluding carboxylic acids is 1. The fourth-order valence-corrected chi connectivity index (χ4v) is 5.99. The van der Waals surface area contributed by atoms with Crippen LogP contribution in [0.25, 0.3) is 17.1 Å². The molecule has 2 aromatic carbocycles. The summed E-state index contributed by atoms with van der Waals surface area (Å²) in [5.74, 6) is 0.644. The number of sulfone groups is 1. The van der Waals surface area contributed by atoms with E-state index in [0.717, 1.165) is 28.2 Å². The van der Waals surface area contributed by atoms with E-state index in [-0.39, 0.29) is 30.0 Å². The largest absolute Gasteiger partial charge is 0.351 e. The summed E-state index contributed by atoms with van der Waals surface area (Å²) in [6.07, 6.45) is 0.462. The number of aryl methyl sites for hydroxylation is 2. The molecular formula is C24H29N5O3S2. The van der Waals surface area contributed by atoms with E-state index in [9.17, 15) is 13.2 Å². The van der Waals surface area contributed by atoms with E-state index in [4.69, 9.17) is 17.3 Å². The summed E-state index contributed by atoms with van der Waals surface area (Å²) in [5.41, 5.74) is 4.17. The average molecular weight is 500 g/mol. The fourth-order valence-electron chi connectivity index (χ4n) is 4.02. The van der Waals surface area contributed by atoms with Crippen molar-refractivity contribution in [1.82, 2.24) is 24.6 Å². The molecule has 1 fully saturated rings. The van der Waals surface area contributed by atoms with Gasteiger partial charge in [-0.25, -0.2) is 13.1 Å². The summed E-state index contributed by atoms with van der Waals surface area (Å²) in [6, 6.07) is 15.9. The van der Waals surface area contributed by atoms with Crippen LogP contribution in [0.1, 0.15) is 17.5 Å². The van der Waals surface area contributed by atoms with Gasteiger partial charge in [0.15, 0.2) is 15.7 Å². The second kappa shape index (κ2) is 9.81. The molecule has 1 atom stereocenters. The van der Waals surface area contributed by atoms with Crippen molar-refractivity contribution in [3.63, 3.8) is 0 Å². The Balaban J connectivity index is 1.56. The molecule has 10 heteroatoms. The van der Waals surface area contributed by atoms with Crippen LogP contribution in [-0.4, -0.2) is 64.7 Å². The summed E-state index contributed by atoms with van der Waals surface area (Å²) in [6.45, 7) is 4.49. The summed E-state index contributed by atoms with van der Waals surface area (Å²) in [5, 5.41) is 7.62. The number of hydrogen-bond donors (Lipinski definition) is 1. The Labute approximate surface area is 205 Å². The molecule has 0 aliphatic carbocycles. The molecule has 2 heterocycles. The van der Waals surface area contributed by atoms with Crippen molar-refractivity contribution in [2.45, 2.75) is 33.0 Å². The Kier molecular flexibility index (Phi) is 7.01. The lowest BCUT2D eigenvalue weighted by molar-refractivity contribution is -0.122. The highest BCUT2D eigenvalue weighted by Crippen LogP contribution is 2.23. The molecule has 180 valence electrons. The van der Waals surface area contributed by atoms with Gasteiger partial charge in [-0.1, -0.05) is 47.5 Å². The normalized spacial score (nSPS) is 17.2. The topological polar surface area (TPSA) is 89.2 Å². The second-order valence-corrected chi connectivity index (χ2v) is 11.6. The summed E-state index contributed by atoms with van der Waals surface area (Å²) in [4.78, 5) is 14.3. The van der Waals surface area contributed by atoms with Gasteiger partial charge in [-0.05, 0) is 51.7 Å². The molecular weight excluding hydrogens is 470 g/mol.